The Morgan fingerprint density at radius 3 is 2.77 bits per heavy atom. The monoisotopic (exact) mass is 199 g/mol. The van der Waals surface area contributed by atoms with E-state index in [9.17, 15) is 0 Å². The molecule has 2 heteroatoms. The molecule has 1 saturated carbocycles. The molecule has 1 nitrogen and oxygen atoms in total. The molecule has 1 saturated heterocycles. The van der Waals surface area contributed by atoms with Crippen LogP contribution in [0.4, 0.5) is 0 Å². The zero-order chi connectivity index (χ0) is 9.31. The summed E-state index contributed by atoms with van der Waals surface area (Å²) in [6.07, 6.45) is 5.67. The number of thioether (sulfide) groups is 1. The van der Waals surface area contributed by atoms with Gasteiger partial charge >= 0.3 is 0 Å². The Kier molecular flexibility index (Phi) is 2.89. The molecular weight excluding hydrogens is 178 g/mol. The SMILES string of the molecule is CC(NC1CCCSC1)C1(C)CC1. The lowest BCUT2D eigenvalue weighted by atomic mass is 9.99. The van der Waals surface area contributed by atoms with Gasteiger partial charge in [-0.05, 0) is 43.8 Å². The van der Waals surface area contributed by atoms with Crippen LogP contribution in [0.2, 0.25) is 0 Å². The second kappa shape index (κ2) is 3.82. The van der Waals surface area contributed by atoms with E-state index < -0.39 is 0 Å². The van der Waals surface area contributed by atoms with Crippen LogP contribution in [0.5, 0.6) is 0 Å². The van der Waals surface area contributed by atoms with Crippen LogP contribution in [-0.4, -0.2) is 23.6 Å². The van der Waals surface area contributed by atoms with Gasteiger partial charge in [-0.1, -0.05) is 6.92 Å². The van der Waals surface area contributed by atoms with Gasteiger partial charge in [-0.15, -0.1) is 0 Å². The van der Waals surface area contributed by atoms with Crippen LogP contribution in [0, 0.1) is 5.41 Å². The van der Waals surface area contributed by atoms with E-state index in [0.717, 1.165) is 12.1 Å². The van der Waals surface area contributed by atoms with Crippen molar-refractivity contribution < 1.29 is 0 Å². The van der Waals surface area contributed by atoms with E-state index in [1.165, 1.54) is 37.2 Å². The molecule has 76 valence electrons. The third-order valence-electron chi connectivity index (χ3n) is 3.73. The lowest BCUT2D eigenvalue weighted by Crippen LogP contribution is -2.43. The van der Waals surface area contributed by atoms with Crippen LogP contribution >= 0.6 is 11.8 Å². The van der Waals surface area contributed by atoms with Gasteiger partial charge in [-0.3, -0.25) is 0 Å². The normalized spacial score (nSPS) is 34.2. The van der Waals surface area contributed by atoms with Gasteiger partial charge in [0.25, 0.3) is 0 Å². The second-order valence-corrected chi connectivity index (χ2v) is 6.11. The van der Waals surface area contributed by atoms with E-state index in [4.69, 9.17) is 0 Å². The minimum Gasteiger partial charge on any atom is -0.310 e. The quantitative estimate of drug-likeness (QED) is 0.750. The molecule has 2 rings (SSSR count). The molecule has 0 bridgehead atoms. The van der Waals surface area contributed by atoms with Crippen molar-refractivity contribution in [3.8, 4) is 0 Å². The Balaban J connectivity index is 1.76. The highest BCUT2D eigenvalue weighted by Gasteiger charge is 2.42. The Morgan fingerprint density at radius 2 is 2.23 bits per heavy atom. The first-order valence-electron chi connectivity index (χ1n) is 5.54. The van der Waals surface area contributed by atoms with Crippen molar-refractivity contribution in [2.75, 3.05) is 11.5 Å². The molecule has 1 aliphatic heterocycles. The predicted octanol–water partition coefficient (Wildman–Crippen LogP) is 2.66. The summed E-state index contributed by atoms with van der Waals surface area (Å²) in [6.45, 7) is 4.78. The molecule has 0 aromatic heterocycles. The van der Waals surface area contributed by atoms with Crippen molar-refractivity contribution in [3.05, 3.63) is 0 Å². The van der Waals surface area contributed by atoms with Crippen molar-refractivity contribution in [1.29, 1.82) is 0 Å². The molecule has 0 aromatic carbocycles. The highest BCUT2D eigenvalue weighted by Crippen LogP contribution is 2.48. The van der Waals surface area contributed by atoms with Crippen molar-refractivity contribution in [2.24, 2.45) is 5.41 Å². The fraction of sp³-hybridized carbons (Fsp3) is 1.00. The minimum absolute atomic E-state index is 0.641. The van der Waals surface area contributed by atoms with E-state index >= 15 is 0 Å². The molecule has 2 atom stereocenters. The highest BCUT2D eigenvalue weighted by atomic mass is 32.2. The molecule has 13 heavy (non-hydrogen) atoms. The number of hydrogen-bond donors (Lipinski definition) is 1. The Bertz CT molecular complexity index is 171. The molecule has 0 spiro atoms. The van der Waals surface area contributed by atoms with Gasteiger partial charge in [0.2, 0.25) is 0 Å². The van der Waals surface area contributed by atoms with Gasteiger partial charge in [0.1, 0.15) is 0 Å². The highest BCUT2D eigenvalue weighted by molar-refractivity contribution is 7.99. The van der Waals surface area contributed by atoms with Crippen LogP contribution in [-0.2, 0) is 0 Å². The summed E-state index contributed by atoms with van der Waals surface area (Å²) < 4.78 is 0. The maximum Gasteiger partial charge on any atom is 0.0161 e. The zero-order valence-electron chi connectivity index (χ0n) is 8.81. The van der Waals surface area contributed by atoms with E-state index in [1.807, 2.05) is 0 Å². The third kappa shape index (κ3) is 2.41. The van der Waals surface area contributed by atoms with Gasteiger partial charge in [-0.25, -0.2) is 0 Å². The Morgan fingerprint density at radius 1 is 1.46 bits per heavy atom. The van der Waals surface area contributed by atoms with Gasteiger partial charge in [-0.2, -0.15) is 11.8 Å². The van der Waals surface area contributed by atoms with Gasteiger partial charge in [0, 0.05) is 17.8 Å². The lowest BCUT2D eigenvalue weighted by Gasteiger charge is -2.29. The maximum atomic E-state index is 3.80. The Labute approximate surface area is 86.0 Å². The van der Waals surface area contributed by atoms with Crippen molar-refractivity contribution in [1.82, 2.24) is 5.32 Å². The molecule has 0 aromatic rings. The van der Waals surface area contributed by atoms with E-state index in [0.29, 0.717) is 5.41 Å². The molecule has 1 aliphatic carbocycles. The number of nitrogens with one attached hydrogen (secondary N) is 1. The molecule has 1 N–H and O–H groups in total. The van der Waals surface area contributed by atoms with Crippen LogP contribution in [0.3, 0.4) is 0 Å². The van der Waals surface area contributed by atoms with Gasteiger partial charge in [0.15, 0.2) is 0 Å². The van der Waals surface area contributed by atoms with Gasteiger partial charge in [0.05, 0.1) is 0 Å². The van der Waals surface area contributed by atoms with Crippen LogP contribution < -0.4 is 5.32 Å². The molecule has 2 unspecified atom stereocenters. The molecular formula is C11H21NS. The summed E-state index contributed by atoms with van der Waals surface area (Å²) in [5, 5.41) is 3.80. The fourth-order valence-corrected chi connectivity index (χ4v) is 3.14. The molecule has 0 amide bonds. The summed E-state index contributed by atoms with van der Waals surface area (Å²) >= 11 is 2.11. The standard InChI is InChI=1S/C11H21NS/c1-9(11(2)5-6-11)12-10-4-3-7-13-8-10/h9-10,12H,3-8H2,1-2H3. The summed E-state index contributed by atoms with van der Waals surface area (Å²) in [6, 6.07) is 1.53. The van der Waals surface area contributed by atoms with E-state index in [1.54, 1.807) is 0 Å². The molecule has 0 radical (unpaired) electrons. The lowest BCUT2D eigenvalue weighted by molar-refractivity contribution is 0.338. The number of rotatable bonds is 3. The first-order chi connectivity index (χ1) is 6.21. The van der Waals surface area contributed by atoms with Crippen LogP contribution in [0.1, 0.15) is 39.5 Å². The molecule has 2 aliphatic rings. The second-order valence-electron chi connectivity index (χ2n) is 4.96. The molecule has 2 fully saturated rings. The first-order valence-corrected chi connectivity index (χ1v) is 6.70. The zero-order valence-corrected chi connectivity index (χ0v) is 9.62. The summed E-state index contributed by atoms with van der Waals surface area (Å²) in [7, 11) is 0. The van der Waals surface area contributed by atoms with Crippen molar-refractivity contribution in [2.45, 2.75) is 51.6 Å². The minimum atomic E-state index is 0.641. The molecule has 1 heterocycles. The van der Waals surface area contributed by atoms with Gasteiger partial charge < -0.3 is 5.32 Å². The smallest absolute Gasteiger partial charge is 0.0161 e. The van der Waals surface area contributed by atoms with Crippen LogP contribution in [0.15, 0.2) is 0 Å². The number of hydrogen-bond acceptors (Lipinski definition) is 2. The predicted molar refractivity (Wildman–Crippen MR) is 60.3 cm³/mol. The first kappa shape index (κ1) is 9.85. The summed E-state index contributed by atoms with van der Waals surface area (Å²) in [5.41, 5.74) is 0.641. The summed E-state index contributed by atoms with van der Waals surface area (Å²) in [4.78, 5) is 0. The Hall–Kier alpha value is 0.310. The largest absolute Gasteiger partial charge is 0.310 e. The average Bonchev–Trinajstić information content (AvgIpc) is 2.87. The third-order valence-corrected chi connectivity index (χ3v) is 4.95. The van der Waals surface area contributed by atoms with Crippen molar-refractivity contribution >= 4 is 11.8 Å². The average molecular weight is 199 g/mol. The van der Waals surface area contributed by atoms with E-state index in [2.05, 4.69) is 30.9 Å². The van der Waals surface area contributed by atoms with E-state index in [-0.39, 0.29) is 0 Å². The summed E-state index contributed by atoms with van der Waals surface area (Å²) in [5.74, 6) is 2.71. The van der Waals surface area contributed by atoms with Crippen LogP contribution in [0.25, 0.3) is 0 Å². The fourth-order valence-electron chi connectivity index (χ4n) is 2.06. The topological polar surface area (TPSA) is 12.0 Å². The van der Waals surface area contributed by atoms with Crippen molar-refractivity contribution in [3.63, 3.8) is 0 Å². The maximum absolute atomic E-state index is 3.80.